The fourth-order valence-electron chi connectivity index (χ4n) is 3.03. The Morgan fingerprint density at radius 2 is 2.28 bits per heavy atom. The number of anilines is 1. The average molecular weight is 244 g/mol. The van der Waals surface area contributed by atoms with Crippen molar-refractivity contribution in [2.75, 3.05) is 18.5 Å². The fourth-order valence-corrected chi connectivity index (χ4v) is 3.03. The quantitative estimate of drug-likeness (QED) is 0.822. The molecule has 1 heterocycles. The van der Waals surface area contributed by atoms with Crippen LogP contribution in [0.3, 0.4) is 0 Å². The Morgan fingerprint density at radius 1 is 1.39 bits per heavy atom. The average Bonchev–Trinajstić information content (AvgIpc) is 2.81. The third-order valence-electron chi connectivity index (χ3n) is 3.81. The molecule has 1 N–H and O–H groups in total. The SMILES string of the molecule is Cc1cc2c(c(NC3=NCCO3)c1)C(C)CCC2. The number of rotatable bonds is 1. The molecule has 3 nitrogen and oxygen atoms in total. The van der Waals surface area contributed by atoms with Crippen molar-refractivity contribution < 1.29 is 4.74 Å². The van der Waals surface area contributed by atoms with Gasteiger partial charge in [-0.1, -0.05) is 13.0 Å². The van der Waals surface area contributed by atoms with Crippen LogP contribution in [0.15, 0.2) is 17.1 Å². The smallest absolute Gasteiger partial charge is 0.289 e. The molecule has 1 atom stereocenters. The highest BCUT2D eigenvalue weighted by atomic mass is 16.5. The molecule has 0 bridgehead atoms. The highest BCUT2D eigenvalue weighted by Crippen LogP contribution is 2.37. The molecule has 0 aromatic heterocycles. The van der Waals surface area contributed by atoms with Crippen LogP contribution in [-0.4, -0.2) is 19.2 Å². The van der Waals surface area contributed by atoms with E-state index in [0.717, 1.165) is 6.54 Å². The van der Waals surface area contributed by atoms with E-state index in [1.54, 1.807) is 0 Å². The zero-order chi connectivity index (χ0) is 12.5. The number of nitrogens with zero attached hydrogens (tertiary/aromatic N) is 1. The molecule has 0 saturated heterocycles. The summed E-state index contributed by atoms with van der Waals surface area (Å²) < 4.78 is 5.46. The first-order chi connectivity index (χ1) is 8.74. The van der Waals surface area contributed by atoms with Crippen LogP contribution in [0.4, 0.5) is 5.69 Å². The second-order valence-corrected chi connectivity index (χ2v) is 5.34. The largest absolute Gasteiger partial charge is 0.463 e. The number of benzene rings is 1. The van der Waals surface area contributed by atoms with Crippen LogP contribution in [0, 0.1) is 6.92 Å². The van der Waals surface area contributed by atoms with Crippen LogP contribution in [0.5, 0.6) is 0 Å². The number of ether oxygens (including phenoxy) is 1. The molecule has 1 aromatic carbocycles. The standard InChI is InChI=1S/C15H20N2O/c1-10-8-12-5-3-4-11(2)14(12)13(9-10)17-15-16-6-7-18-15/h8-9,11H,3-7H2,1-2H3,(H,16,17). The summed E-state index contributed by atoms with van der Waals surface area (Å²) in [4.78, 5) is 4.32. The zero-order valence-corrected chi connectivity index (χ0v) is 11.1. The summed E-state index contributed by atoms with van der Waals surface area (Å²) in [6, 6.07) is 5.22. The highest BCUT2D eigenvalue weighted by molar-refractivity contribution is 5.91. The maximum atomic E-state index is 5.46. The summed E-state index contributed by atoms with van der Waals surface area (Å²) in [5, 5.41) is 3.37. The van der Waals surface area contributed by atoms with E-state index in [0.29, 0.717) is 18.5 Å². The van der Waals surface area contributed by atoms with Crippen LogP contribution in [-0.2, 0) is 11.2 Å². The van der Waals surface area contributed by atoms with E-state index in [1.165, 1.54) is 41.6 Å². The lowest BCUT2D eigenvalue weighted by atomic mass is 9.82. The van der Waals surface area contributed by atoms with Gasteiger partial charge in [-0.05, 0) is 54.9 Å². The maximum Gasteiger partial charge on any atom is 0.289 e. The second kappa shape index (κ2) is 4.63. The molecular weight excluding hydrogens is 224 g/mol. The van der Waals surface area contributed by atoms with E-state index in [4.69, 9.17) is 4.74 Å². The van der Waals surface area contributed by atoms with Gasteiger partial charge in [0.15, 0.2) is 0 Å². The molecule has 1 aliphatic carbocycles. The van der Waals surface area contributed by atoms with Crippen molar-refractivity contribution >= 4 is 11.7 Å². The molecule has 0 spiro atoms. The van der Waals surface area contributed by atoms with E-state index in [2.05, 4.69) is 36.3 Å². The van der Waals surface area contributed by atoms with Gasteiger partial charge in [0, 0.05) is 5.69 Å². The van der Waals surface area contributed by atoms with Gasteiger partial charge >= 0.3 is 0 Å². The Bertz CT molecular complexity index is 494. The summed E-state index contributed by atoms with van der Waals surface area (Å²) in [5.41, 5.74) is 5.46. The van der Waals surface area contributed by atoms with Crippen LogP contribution >= 0.6 is 0 Å². The Balaban J connectivity index is 1.99. The fraction of sp³-hybridized carbons (Fsp3) is 0.533. The van der Waals surface area contributed by atoms with Gasteiger partial charge in [0.2, 0.25) is 0 Å². The number of hydrogen-bond donors (Lipinski definition) is 1. The topological polar surface area (TPSA) is 33.6 Å². The molecule has 0 amide bonds. The van der Waals surface area contributed by atoms with Gasteiger partial charge < -0.3 is 10.1 Å². The van der Waals surface area contributed by atoms with Crippen molar-refractivity contribution in [3.63, 3.8) is 0 Å². The minimum atomic E-state index is 0.624. The van der Waals surface area contributed by atoms with Crippen molar-refractivity contribution in [3.05, 3.63) is 28.8 Å². The molecule has 96 valence electrons. The number of amidine groups is 1. The molecule has 0 radical (unpaired) electrons. The van der Waals surface area contributed by atoms with E-state index in [1.807, 2.05) is 0 Å². The predicted molar refractivity (Wildman–Crippen MR) is 74.4 cm³/mol. The van der Waals surface area contributed by atoms with Crippen molar-refractivity contribution in [2.24, 2.45) is 4.99 Å². The highest BCUT2D eigenvalue weighted by Gasteiger charge is 2.21. The molecule has 0 fully saturated rings. The maximum absolute atomic E-state index is 5.46. The lowest BCUT2D eigenvalue weighted by Crippen LogP contribution is -2.17. The van der Waals surface area contributed by atoms with Gasteiger partial charge in [0.1, 0.15) is 6.61 Å². The molecular formula is C15H20N2O. The van der Waals surface area contributed by atoms with Crippen LogP contribution < -0.4 is 5.32 Å². The second-order valence-electron chi connectivity index (χ2n) is 5.34. The molecule has 1 aromatic rings. The zero-order valence-electron chi connectivity index (χ0n) is 11.1. The van der Waals surface area contributed by atoms with E-state index in [-0.39, 0.29) is 0 Å². The van der Waals surface area contributed by atoms with Crippen LogP contribution in [0.2, 0.25) is 0 Å². The molecule has 0 saturated carbocycles. The van der Waals surface area contributed by atoms with Crippen molar-refractivity contribution in [3.8, 4) is 0 Å². The number of fused-ring (bicyclic) bond motifs is 1. The number of aliphatic imine (C=N–C) groups is 1. The number of hydrogen-bond acceptors (Lipinski definition) is 3. The third kappa shape index (κ3) is 2.09. The van der Waals surface area contributed by atoms with Crippen molar-refractivity contribution in [1.29, 1.82) is 0 Å². The minimum Gasteiger partial charge on any atom is -0.463 e. The van der Waals surface area contributed by atoms with Gasteiger partial charge in [0.05, 0.1) is 6.54 Å². The van der Waals surface area contributed by atoms with Crippen LogP contribution in [0.25, 0.3) is 0 Å². The Hall–Kier alpha value is -1.51. The lowest BCUT2D eigenvalue weighted by molar-refractivity contribution is 0.346. The van der Waals surface area contributed by atoms with E-state index in [9.17, 15) is 0 Å². The van der Waals surface area contributed by atoms with Gasteiger partial charge in [-0.15, -0.1) is 0 Å². The summed E-state index contributed by atoms with van der Waals surface area (Å²) in [7, 11) is 0. The Kier molecular flexibility index (Phi) is 2.98. The predicted octanol–water partition coefficient (Wildman–Crippen LogP) is 3.23. The molecule has 1 aliphatic heterocycles. The first-order valence-corrected chi connectivity index (χ1v) is 6.82. The van der Waals surface area contributed by atoms with Crippen LogP contribution in [0.1, 0.15) is 42.4 Å². The van der Waals surface area contributed by atoms with Gasteiger partial charge in [-0.2, -0.15) is 0 Å². The Morgan fingerprint density at radius 3 is 3.06 bits per heavy atom. The summed E-state index contributed by atoms with van der Waals surface area (Å²) >= 11 is 0. The lowest BCUT2D eigenvalue weighted by Gasteiger charge is -2.26. The third-order valence-corrected chi connectivity index (χ3v) is 3.81. The minimum absolute atomic E-state index is 0.624. The normalized spacial score (nSPS) is 22.1. The van der Waals surface area contributed by atoms with Gasteiger partial charge in [-0.25, -0.2) is 4.99 Å². The van der Waals surface area contributed by atoms with Crippen molar-refractivity contribution in [1.82, 2.24) is 0 Å². The molecule has 18 heavy (non-hydrogen) atoms. The molecule has 1 unspecified atom stereocenters. The first kappa shape index (κ1) is 11.6. The first-order valence-electron chi connectivity index (χ1n) is 6.82. The monoisotopic (exact) mass is 244 g/mol. The summed E-state index contributed by atoms with van der Waals surface area (Å²) in [5.74, 6) is 0.624. The summed E-state index contributed by atoms with van der Waals surface area (Å²) in [6.45, 7) is 5.94. The van der Waals surface area contributed by atoms with Gasteiger partial charge in [-0.3, -0.25) is 0 Å². The van der Waals surface area contributed by atoms with E-state index >= 15 is 0 Å². The molecule has 3 heteroatoms. The number of aryl methyl sites for hydroxylation is 2. The molecule has 3 rings (SSSR count). The van der Waals surface area contributed by atoms with Crippen molar-refractivity contribution in [2.45, 2.75) is 39.0 Å². The number of nitrogens with one attached hydrogen (secondary N) is 1. The van der Waals surface area contributed by atoms with Gasteiger partial charge in [0.25, 0.3) is 6.02 Å². The molecule has 2 aliphatic rings. The van der Waals surface area contributed by atoms with E-state index < -0.39 is 0 Å². The Labute approximate surface area is 108 Å². The summed E-state index contributed by atoms with van der Waals surface area (Å²) in [6.07, 6.45) is 3.77.